The van der Waals surface area contributed by atoms with Gasteiger partial charge in [-0.05, 0) is 36.4 Å². The molecule has 1 saturated heterocycles. The van der Waals surface area contributed by atoms with Crippen LogP contribution in [0.3, 0.4) is 0 Å². The Balaban J connectivity index is 1.78. The maximum atomic E-state index is 12.9. The first-order valence-corrected chi connectivity index (χ1v) is 9.62. The summed E-state index contributed by atoms with van der Waals surface area (Å²) in [6.07, 6.45) is 0. The quantitative estimate of drug-likeness (QED) is 0.591. The van der Waals surface area contributed by atoms with Crippen LogP contribution in [-0.4, -0.2) is 46.4 Å². The van der Waals surface area contributed by atoms with E-state index in [4.69, 9.17) is 10.00 Å². The summed E-state index contributed by atoms with van der Waals surface area (Å²) in [6.45, 7) is 0. The number of nitrogens with one attached hydrogen (secondary N) is 1. The summed E-state index contributed by atoms with van der Waals surface area (Å²) < 4.78 is 4.95. The molecule has 2 aromatic rings. The van der Waals surface area contributed by atoms with Gasteiger partial charge in [-0.1, -0.05) is 0 Å². The summed E-state index contributed by atoms with van der Waals surface area (Å²) in [5.41, 5.74) is 0.774. The number of thioether (sulfide) groups is 1. The lowest BCUT2D eigenvalue weighted by Gasteiger charge is -2.23. The number of benzene rings is 2. The van der Waals surface area contributed by atoms with Crippen LogP contribution in [0.5, 0.6) is 5.75 Å². The van der Waals surface area contributed by atoms with Crippen molar-refractivity contribution in [2.45, 2.75) is 6.04 Å². The highest BCUT2D eigenvalue weighted by Crippen LogP contribution is 2.30. The molecule has 1 fully saturated rings. The molecule has 0 saturated carbocycles. The zero-order valence-electron chi connectivity index (χ0n) is 15.3. The number of ether oxygens (including phenoxy) is 1. The van der Waals surface area contributed by atoms with Crippen LogP contribution in [0.4, 0.5) is 11.4 Å². The van der Waals surface area contributed by atoms with Crippen molar-refractivity contribution in [3.05, 3.63) is 63.7 Å². The van der Waals surface area contributed by atoms with E-state index < -0.39 is 16.9 Å². The normalized spacial score (nSPS) is 15.4. The largest absolute Gasteiger partial charge is 0.490 e. The Hall–Kier alpha value is -3.58. The number of amides is 2. The number of nitrogens with zero attached hydrogens (tertiary/aromatic N) is 3. The zero-order chi connectivity index (χ0) is 21.0. The number of hydrogen-bond donors (Lipinski definition) is 1. The van der Waals surface area contributed by atoms with Crippen LogP contribution < -0.4 is 10.1 Å². The molecule has 0 spiro atoms. The summed E-state index contributed by atoms with van der Waals surface area (Å²) in [4.78, 5) is 37.6. The van der Waals surface area contributed by atoms with Gasteiger partial charge < -0.3 is 15.0 Å². The lowest BCUT2D eigenvalue weighted by Crippen LogP contribution is -2.44. The topological polar surface area (TPSA) is 126 Å². The van der Waals surface area contributed by atoms with Crippen molar-refractivity contribution in [3.8, 4) is 11.8 Å². The van der Waals surface area contributed by atoms with E-state index in [9.17, 15) is 19.7 Å². The van der Waals surface area contributed by atoms with Gasteiger partial charge in [0.1, 0.15) is 6.04 Å². The summed E-state index contributed by atoms with van der Waals surface area (Å²) in [6, 6.07) is 11.6. The SMILES string of the molecule is COc1ccc(C(=O)N2CSCC2C(=O)Nc2ccc(C#N)cc2)cc1[N+](=O)[O-]. The minimum atomic E-state index is -0.718. The third-order valence-electron chi connectivity index (χ3n) is 4.35. The molecule has 1 atom stereocenters. The third-order valence-corrected chi connectivity index (χ3v) is 5.36. The van der Waals surface area contributed by atoms with Crippen LogP contribution >= 0.6 is 11.8 Å². The molecule has 29 heavy (non-hydrogen) atoms. The van der Waals surface area contributed by atoms with Gasteiger partial charge in [0.2, 0.25) is 5.91 Å². The van der Waals surface area contributed by atoms with E-state index >= 15 is 0 Å². The summed E-state index contributed by atoms with van der Waals surface area (Å²) in [7, 11) is 1.31. The second kappa shape index (κ2) is 8.62. The number of nitro groups is 1. The number of nitro benzene ring substituents is 1. The number of hydrogen-bond acceptors (Lipinski definition) is 7. The predicted octanol–water partition coefficient (Wildman–Crippen LogP) is 2.63. The van der Waals surface area contributed by atoms with E-state index in [2.05, 4.69) is 5.32 Å². The van der Waals surface area contributed by atoms with Gasteiger partial charge >= 0.3 is 5.69 Å². The maximum absolute atomic E-state index is 12.9. The minimum Gasteiger partial charge on any atom is -0.490 e. The maximum Gasteiger partial charge on any atom is 0.311 e. The van der Waals surface area contributed by atoms with Crippen LogP contribution in [0.25, 0.3) is 0 Å². The van der Waals surface area contributed by atoms with E-state index in [1.807, 2.05) is 6.07 Å². The van der Waals surface area contributed by atoms with E-state index in [0.717, 1.165) is 6.07 Å². The fraction of sp³-hybridized carbons (Fsp3) is 0.211. The number of carbonyl (C=O) groups is 2. The average Bonchev–Trinajstić information content (AvgIpc) is 3.23. The van der Waals surface area contributed by atoms with Crippen LogP contribution in [0, 0.1) is 21.4 Å². The van der Waals surface area contributed by atoms with E-state index in [-0.39, 0.29) is 22.9 Å². The standard InChI is InChI=1S/C19H16N4O5S/c1-28-17-7-4-13(8-15(17)23(26)27)19(25)22-11-29-10-16(22)18(24)21-14-5-2-12(9-20)3-6-14/h2-8,16H,10-11H2,1H3,(H,21,24). The molecular weight excluding hydrogens is 396 g/mol. The zero-order valence-corrected chi connectivity index (χ0v) is 16.1. The van der Waals surface area contributed by atoms with Crippen LogP contribution in [0.15, 0.2) is 42.5 Å². The van der Waals surface area contributed by atoms with Crippen LogP contribution in [-0.2, 0) is 4.79 Å². The second-order valence-electron chi connectivity index (χ2n) is 6.11. The van der Waals surface area contributed by atoms with Crippen LogP contribution in [0.1, 0.15) is 15.9 Å². The van der Waals surface area contributed by atoms with Gasteiger partial charge in [-0.3, -0.25) is 19.7 Å². The Morgan fingerprint density at radius 3 is 2.66 bits per heavy atom. The molecule has 1 aliphatic rings. The Morgan fingerprint density at radius 1 is 1.31 bits per heavy atom. The molecule has 0 bridgehead atoms. The van der Waals surface area contributed by atoms with Crippen molar-refractivity contribution in [2.75, 3.05) is 24.1 Å². The van der Waals surface area contributed by atoms with Crippen molar-refractivity contribution in [2.24, 2.45) is 0 Å². The Bertz CT molecular complexity index is 1000. The molecule has 10 heteroatoms. The monoisotopic (exact) mass is 412 g/mol. The van der Waals surface area contributed by atoms with Gasteiger partial charge in [0.25, 0.3) is 5.91 Å². The van der Waals surface area contributed by atoms with Crippen molar-refractivity contribution in [1.82, 2.24) is 4.90 Å². The lowest BCUT2D eigenvalue weighted by atomic mass is 10.1. The summed E-state index contributed by atoms with van der Waals surface area (Å²) in [5, 5.41) is 22.8. The first-order chi connectivity index (χ1) is 13.9. The van der Waals surface area contributed by atoms with Crippen molar-refractivity contribution >= 4 is 35.0 Å². The average molecular weight is 412 g/mol. The van der Waals surface area contributed by atoms with E-state index in [1.165, 1.54) is 35.9 Å². The number of methoxy groups -OCH3 is 1. The highest BCUT2D eigenvalue weighted by atomic mass is 32.2. The van der Waals surface area contributed by atoms with Gasteiger partial charge in [-0.15, -0.1) is 11.8 Å². The van der Waals surface area contributed by atoms with Crippen molar-refractivity contribution in [3.63, 3.8) is 0 Å². The molecule has 2 amide bonds. The molecular formula is C19H16N4O5S. The molecule has 2 aromatic carbocycles. The molecule has 0 radical (unpaired) electrons. The van der Waals surface area contributed by atoms with Crippen molar-refractivity contribution < 1.29 is 19.2 Å². The molecule has 3 rings (SSSR count). The number of anilines is 1. The molecule has 9 nitrogen and oxygen atoms in total. The molecule has 148 valence electrons. The number of carbonyl (C=O) groups excluding carboxylic acids is 2. The van der Waals surface area contributed by atoms with Crippen molar-refractivity contribution in [1.29, 1.82) is 5.26 Å². The Morgan fingerprint density at radius 2 is 2.03 bits per heavy atom. The highest BCUT2D eigenvalue weighted by molar-refractivity contribution is 7.99. The van der Waals surface area contributed by atoms with E-state index in [0.29, 0.717) is 22.9 Å². The minimum absolute atomic E-state index is 0.0532. The first-order valence-electron chi connectivity index (χ1n) is 8.46. The van der Waals surface area contributed by atoms with E-state index in [1.54, 1.807) is 24.3 Å². The fourth-order valence-electron chi connectivity index (χ4n) is 2.85. The number of nitriles is 1. The lowest BCUT2D eigenvalue weighted by molar-refractivity contribution is -0.385. The molecule has 1 N–H and O–H groups in total. The predicted molar refractivity (Wildman–Crippen MR) is 107 cm³/mol. The Labute approximate surface area is 170 Å². The summed E-state index contributed by atoms with van der Waals surface area (Å²) >= 11 is 1.42. The number of rotatable bonds is 5. The summed E-state index contributed by atoms with van der Waals surface area (Å²) in [5.74, 6) is -0.0785. The molecule has 0 aromatic heterocycles. The Kier molecular flexibility index (Phi) is 5.99. The molecule has 1 unspecified atom stereocenters. The van der Waals surface area contributed by atoms with Gasteiger partial charge in [0.05, 0.1) is 29.5 Å². The highest BCUT2D eigenvalue weighted by Gasteiger charge is 2.36. The fourth-order valence-corrected chi connectivity index (χ4v) is 4.00. The van der Waals surface area contributed by atoms with Crippen LogP contribution in [0.2, 0.25) is 0 Å². The van der Waals surface area contributed by atoms with Gasteiger partial charge in [-0.2, -0.15) is 5.26 Å². The van der Waals surface area contributed by atoms with Gasteiger partial charge in [0, 0.05) is 23.1 Å². The molecule has 0 aliphatic carbocycles. The third kappa shape index (κ3) is 4.30. The second-order valence-corrected chi connectivity index (χ2v) is 7.11. The smallest absolute Gasteiger partial charge is 0.311 e. The first kappa shape index (κ1) is 20.2. The molecule has 1 heterocycles. The van der Waals surface area contributed by atoms with Gasteiger partial charge in [-0.25, -0.2) is 0 Å². The molecule has 1 aliphatic heterocycles. The van der Waals surface area contributed by atoms with Gasteiger partial charge in [0.15, 0.2) is 5.75 Å².